The third-order valence-electron chi connectivity index (χ3n) is 4.92. The predicted octanol–water partition coefficient (Wildman–Crippen LogP) is 3.55. The average Bonchev–Trinajstić information content (AvgIpc) is 2.47. The van der Waals surface area contributed by atoms with Crippen LogP contribution in [0.5, 0.6) is 0 Å². The molecule has 0 aromatic rings. The van der Waals surface area contributed by atoms with Crippen LogP contribution in [0.15, 0.2) is 23.8 Å². The monoisotopic (exact) mass is 220 g/mol. The molecule has 2 aliphatic rings. The molecule has 2 aliphatic carbocycles. The summed E-state index contributed by atoms with van der Waals surface area (Å²) in [7, 11) is 0. The number of rotatable bonds is 1. The zero-order valence-corrected chi connectivity index (χ0v) is 10.9. The Kier molecular flexibility index (Phi) is 3.00. The minimum atomic E-state index is -0.227. The Morgan fingerprint density at radius 3 is 2.50 bits per heavy atom. The Labute approximate surface area is 99.3 Å². The van der Waals surface area contributed by atoms with E-state index in [0.717, 1.165) is 12.3 Å². The number of hydrogen-bond acceptors (Lipinski definition) is 1. The first-order valence-corrected chi connectivity index (χ1v) is 6.46. The zero-order chi connectivity index (χ0) is 11.9. The highest BCUT2D eigenvalue weighted by atomic mass is 16.3. The molecular weight excluding hydrogens is 196 g/mol. The van der Waals surface area contributed by atoms with E-state index >= 15 is 0 Å². The summed E-state index contributed by atoms with van der Waals surface area (Å²) in [6, 6.07) is 0. The van der Waals surface area contributed by atoms with Crippen molar-refractivity contribution < 1.29 is 5.11 Å². The molecule has 2 rings (SSSR count). The molecule has 90 valence electrons. The van der Waals surface area contributed by atoms with Gasteiger partial charge in [0.05, 0.1) is 6.10 Å². The van der Waals surface area contributed by atoms with Gasteiger partial charge >= 0.3 is 0 Å². The number of allylic oxidation sites excluding steroid dienone is 3. The quantitative estimate of drug-likeness (QED) is 0.670. The van der Waals surface area contributed by atoms with Gasteiger partial charge in [0, 0.05) is 0 Å². The van der Waals surface area contributed by atoms with E-state index in [0.29, 0.717) is 17.3 Å². The van der Waals surface area contributed by atoms with Gasteiger partial charge in [0.1, 0.15) is 0 Å². The van der Waals surface area contributed by atoms with E-state index in [2.05, 4.69) is 39.8 Å². The summed E-state index contributed by atoms with van der Waals surface area (Å²) in [6.45, 7) is 9.13. The Morgan fingerprint density at radius 1 is 1.31 bits per heavy atom. The molecule has 0 amide bonds. The van der Waals surface area contributed by atoms with Gasteiger partial charge in [-0.2, -0.15) is 0 Å². The van der Waals surface area contributed by atoms with Crippen LogP contribution in [-0.2, 0) is 0 Å². The van der Waals surface area contributed by atoms with Gasteiger partial charge in [-0.15, -0.1) is 0 Å². The first kappa shape index (κ1) is 11.9. The Balaban J connectivity index is 2.14. The van der Waals surface area contributed by atoms with Gasteiger partial charge in [0.2, 0.25) is 0 Å². The largest absolute Gasteiger partial charge is 0.389 e. The van der Waals surface area contributed by atoms with E-state index in [-0.39, 0.29) is 6.10 Å². The molecular formula is C15H24O. The SMILES string of the molecule is CC1=CCC([C@@H]2C=C[C@H](O)[C@@H](C)C2)C1(C)C. The van der Waals surface area contributed by atoms with Gasteiger partial charge in [0.15, 0.2) is 0 Å². The Morgan fingerprint density at radius 2 is 2.00 bits per heavy atom. The van der Waals surface area contributed by atoms with E-state index in [4.69, 9.17) is 0 Å². The lowest BCUT2D eigenvalue weighted by Gasteiger charge is -2.38. The second-order valence-corrected chi connectivity index (χ2v) is 6.20. The summed E-state index contributed by atoms with van der Waals surface area (Å²) in [5.74, 6) is 1.77. The molecule has 1 nitrogen and oxygen atoms in total. The van der Waals surface area contributed by atoms with Crippen molar-refractivity contribution in [3.05, 3.63) is 23.8 Å². The fourth-order valence-electron chi connectivity index (χ4n) is 3.26. The highest BCUT2D eigenvalue weighted by molar-refractivity contribution is 5.21. The van der Waals surface area contributed by atoms with Gasteiger partial charge in [-0.3, -0.25) is 0 Å². The molecule has 0 radical (unpaired) electrons. The second-order valence-electron chi connectivity index (χ2n) is 6.20. The maximum atomic E-state index is 9.72. The van der Waals surface area contributed by atoms with Crippen molar-refractivity contribution in [3.63, 3.8) is 0 Å². The summed E-state index contributed by atoms with van der Waals surface area (Å²) in [5, 5.41) is 9.72. The van der Waals surface area contributed by atoms with Crippen LogP contribution in [0.2, 0.25) is 0 Å². The van der Waals surface area contributed by atoms with Crippen LogP contribution >= 0.6 is 0 Å². The molecule has 0 aliphatic heterocycles. The molecule has 1 unspecified atom stereocenters. The zero-order valence-electron chi connectivity index (χ0n) is 10.9. The van der Waals surface area contributed by atoms with Crippen molar-refractivity contribution in [2.45, 2.75) is 46.6 Å². The molecule has 16 heavy (non-hydrogen) atoms. The third-order valence-corrected chi connectivity index (χ3v) is 4.92. The smallest absolute Gasteiger partial charge is 0.0746 e. The molecule has 4 atom stereocenters. The highest BCUT2D eigenvalue weighted by Crippen LogP contribution is 2.49. The van der Waals surface area contributed by atoms with Crippen molar-refractivity contribution in [2.75, 3.05) is 0 Å². The van der Waals surface area contributed by atoms with Crippen LogP contribution in [0, 0.1) is 23.2 Å². The second kappa shape index (κ2) is 4.03. The van der Waals surface area contributed by atoms with Crippen LogP contribution < -0.4 is 0 Å². The van der Waals surface area contributed by atoms with Crippen LogP contribution in [0.1, 0.15) is 40.5 Å². The molecule has 1 N–H and O–H groups in total. The molecule has 0 heterocycles. The third kappa shape index (κ3) is 1.86. The van der Waals surface area contributed by atoms with Crippen LogP contribution in [0.3, 0.4) is 0 Å². The van der Waals surface area contributed by atoms with E-state index in [1.165, 1.54) is 12.0 Å². The van der Waals surface area contributed by atoms with Gasteiger partial charge in [-0.25, -0.2) is 0 Å². The summed E-state index contributed by atoms with van der Waals surface area (Å²) in [6.07, 6.45) is 8.76. The van der Waals surface area contributed by atoms with Crippen molar-refractivity contribution in [1.82, 2.24) is 0 Å². The van der Waals surface area contributed by atoms with Crippen molar-refractivity contribution in [3.8, 4) is 0 Å². The van der Waals surface area contributed by atoms with Crippen LogP contribution in [-0.4, -0.2) is 11.2 Å². The lowest BCUT2D eigenvalue weighted by molar-refractivity contribution is 0.112. The minimum Gasteiger partial charge on any atom is -0.389 e. The molecule has 0 bridgehead atoms. The normalized spacial score (nSPS) is 42.2. The lowest BCUT2D eigenvalue weighted by atomic mass is 9.67. The fourth-order valence-corrected chi connectivity index (χ4v) is 3.26. The Hall–Kier alpha value is -0.560. The molecule has 0 spiro atoms. The number of aliphatic hydroxyl groups is 1. The van der Waals surface area contributed by atoms with Crippen LogP contribution in [0.25, 0.3) is 0 Å². The Bertz CT molecular complexity index is 324. The minimum absolute atomic E-state index is 0.227. The molecule has 0 aromatic carbocycles. The van der Waals surface area contributed by atoms with Crippen LogP contribution in [0.4, 0.5) is 0 Å². The van der Waals surface area contributed by atoms with Gasteiger partial charge < -0.3 is 5.11 Å². The lowest BCUT2D eigenvalue weighted by Crippen LogP contribution is -2.32. The topological polar surface area (TPSA) is 20.2 Å². The molecule has 0 saturated heterocycles. The highest BCUT2D eigenvalue weighted by Gasteiger charge is 2.40. The van der Waals surface area contributed by atoms with Crippen molar-refractivity contribution in [1.29, 1.82) is 0 Å². The fraction of sp³-hybridized carbons (Fsp3) is 0.733. The van der Waals surface area contributed by atoms with Gasteiger partial charge in [-0.05, 0) is 42.9 Å². The van der Waals surface area contributed by atoms with E-state index < -0.39 is 0 Å². The standard InChI is InChI=1S/C15H24O/c1-10-9-12(6-8-14(10)16)13-7-5-11(2)15(13,3)4/h5-6,8,10,12-14,16H,7,9H2,1-4H3/t10-,12+,13?,14-/m0/s1. The molecule has 1 heteroatoms. The first-order chi connectivity index (χ1) is 7.43. The molecule has 0 aromatic heterocycles. The maximum Gasteiger partial charge on any atom is 0.0746 e. The van der Waals surface area contributed by atoms with Crippen molar-refractivity contribution in [2.24, 2.45) is 23.2 Å². The first-order valence-electron chi connectivity index (χ1n) is 6.46. The molecule has 0 saturated carbocycles. The van der Waals surface area contributed by atoms with Crippen molar-refractivity contribution >= 4 is 0 Å². The summed E-state index contributed by atoms with van der Waals surface area (Å²) in [5.41, 5.74) is 1.86. The summed E-state index contributed by atoms with van der Waals surface area (Å²) in [4.78, 5) is 0. The van der Waals surface area contributed by atoms with Gasteiger partial charge in [-0.1, -0.05) is 44.6 Å². The number of aliphatic hydroxyl groups excluding tert-OH is 1. The number of hydrogen-bond donors (Lipinski definition) is 1. The van der Waals surface area contributed by atoms with E-state index in [9.17, 15) is 5.11 Å². The average molecular weight is 220 g/mol. The van der Waals surface area contributed by atoms with E-state index in [1.54, 1.807) is 0 Å². The molecule has 0 fully saturated rings. The summed E-state index contributed by atoms with van der Waals surface area (Å²) < 4.78 is 0. The predicted molar refractivity (Wildman–Crippen MR) is 68.1 cm³/mol. The van der Waals surface area contributed by atoms with Gasteiger partial charge in [0.25, 0.3) is 0 Å². The van der Waals surface area contributed by atoms with E-state index in [1.807, 2.05) is 6.08 Å². The summed E-state index contributed by atoms with van der Waals surface area (Å²) >= 11 is 0. The maximum absolute atomic E-state index is 9.72.